The first-order valence-corrected chi connectivity index (χ1v) is 7.29. The minimum absolute atomic E-state index is 0.0239. The molecule has 0 aliphatic carbocycles. The highest BCUT2D eigenvalue weighted by molar-refractivity contribution is 5.60. The lowest BCUT2D eigenvalue weighted by atomic mass is 9.72. The molecule has 0 aromatic heterocycles. The molecule has 2 fully saturated rings. The van der Waals surface area contributed by atoms with Gasteiger partial charge in [-0.25, -0.2) is 0 Å². The normalized spacial score (nSPS) is 21.1. The van der Waals surface area contributed by atoms with Crippen LogP contribution in [0.15, 0.2) is 18.2 Å². The third-order valence-corrected chi connectivity index (χ3v) is 4.83. The second kappa shape index (κ2) is 5.18. The number of piperidine rings is 1. The van der Waals surface area contributed by atoms with E-state index in [1.807, 2.05) is 6.07 Å². The average molecular weight is 291 g/mol. The second-order valence-electron chi connectivity index (χ2n) is 6.27. The first kappa shape index (κ1) is 14.1. The van der Waals surface area contributed by atoms with Crippen LogP contribution < -0.4 is 9.64 Å². The summed E-state index contributed by atoms with van der Waals surface area (Å²) in [5.41, 5.74) is 1.49. The summed E-state index contributed by atoms with van der Waals surface area (Å²) < 4.78 is 5.14. The lowest BCUT2D eigenvalue weighted by Gasteiger charge is -2.54. The number of anilines is 1. The van der Waals surface area contributed by atoms with E-state index in [4.69, 9.17) is 4.74 Å². The number of likely N-dealkylation sites (tertiary alicyclic amines) is 1. The first-order chi connectivity index (χ1) is 10.0. The number of hydrogen-bond acceptors (Lipinski definition) is 5. The maximum absolute atomic E-state index is 10.9. The van der Waals surface area contributed by atoms with Gasteiger partial charge < -0.3 is 14.5 Å². The van der Waals surface area contributed by atoms with Gasteiger partial charge in [0.25, 0.3) is 0 Å². The summed E-state index contributed by atoms with van der Waals surface area (Å²) in [7, 11) is 3.64. The monoisotopic (exact) mass is 291 g/mol. The molecule has 0 bridgehead atoms. The topological polar surface area (TPSA) is 58.8 Å². The Kier molecular flexibility index (Phi) is 3.49. The summed E-state index contributed by atoms with van der Waals surface area (Å²) in [6.07, 6.45) is 2.48. The zero-order valence-corrected chi connectivity index (χ0v) is 12.5. The Morgan fingerprint density at radius 3 is 2.52 bits per heavy atom. The summed E-state index contributed by atoms with van der Waals surface area (Å²) in [6, 6.07) is 5.14. The molecule has 0 N–H and O–H groups in total. The van der Waals surface area contributed by atoms with Crippen molar-refractivity contribution in [2.45, 2.75) is 12.8 Å². The Bertz CT molecular complexity index is 545. The van der Waals surface area contributed by atoms with E-state index in [2.05, 4.69) is 16.8 Å². The molecule has 3 rings (SSSR count). The Balaban J connectivity index is 1.71. The Morgan fingerprint density at radius 1 is 1.29 bits per heavy atom. The van der Waals surface area contributed by atoms with Crippen LogP contribution in [0.5, 0.6) is 5.75 Å². The van der Waals surface area contributed by atoms with E-state index in [0.29, 0.717) is 11.2 Å². The maximum atomic E-state index is 10.9. The van der Waals surface area contributed by atoms with Gasteiger partial charge in [-0.2, -0.15) is 0 Å². The minimum atomic E-state index is -0.406. The fraction of sp³-hybridized carbons (Fsp3) is 0.600. The highest BCUT2D eigenvalue weighted by atomic mass is 16.6. The van der Waals surface area contributed by atoms with Crippen LogP contribution in [0.4, 0.5) is 11.4 Å². The molecule has 2 aliphatic rings. The van der Waals surface area contributed by atoms with Gasteiger partial charge in [-0.05, 0) is 39.0 Å². The van der Waals surface area contributed by atoms with Crippen molar-refractivity contribution in [3.63, 3.8) is 0 Å². The van der Waals surface area contributed by atoms with Crippen molar-refractivity contribution in [2.75, 3.05) is 45.2 Å². The molecule has 1 aromatic rings. The van der Waals surface area contributed by atoms with Crippen LogP contribution in [0, 0.1) is 15.5 Å². The summed E-state index contributed by atoms with van der Waals surface area (Å²) in [6.45, 7) is 4.42. The fourth-order valence-electron chi connectivity index (χ4n) is 3.37. The second-order valence-corrected chi connectivity index (χ2v) is 6.27. The van der Waals surface area contributed by atoms with Gasteiger partial charge in [-0.3, -0.25) is 10.1 Å². The van der Waals surface area contributed by atoms with Gasteiger partial charge in [-0.1, -0.05) is 0 Å². The highest BCUT2D eigenvalue weighted by Crippen LogP contribution is 2.43. The molecular formula is C15H21N3O3. The Hall–Kier alpha value is -1.82. The zero-order chi connectivity index (χ0) is 15.0. The van der Waals surface area contributed by atoms with E-state index in [-0.39, 0.29) is 5.69 Å². The highest BCUT2D eigenvalue weighted by Gasteiger charge is 2.44. The molecule has 0 radical (unpaired) electrons. The van der Waals surface area contributed by atoms with E-state index in [9.17, 15) is 10.1 Å². The van der Waals surface area contributed by atoms with Crippen molar-refractivity contribution >= 4 is 11.4 Å². The molecule has 2 saturated heterocycles. The number of benzene rings is 1. The summed E-state index contributed by atoms with van der Waals surface area (Å²) in [4.78, 5) is 15.2. The first-order valence-electron chi connectivity index (χ1n) is 7.29. The molecule has 114 valence electrons. The third-order valence-electron chi connectivity index (χ3n) is 4.83. The molecule has 0 unspecified atom stereocenters. The molecule has 2 aliphatic heterocycles. The van der Waals surface area contributed by atoms with Crippen LogP contribution in [0.2, 0.25) is 0 Å². The van der Waals surface area contributed by atoms with Gasteiger partial charge in [0.1, 0.15) is 0 Å². The number of nitro groups is 1. The van der Waals surface area contributed by atoms with Gasteiger partial charge in [-0.15, -0.1) is 0 Å². The van der Waals surface area contributed by atoms with Crippen molar-refractivity contribution in [1.29, 1.82) is 0 Å². The Morgan fingerprint density at radius 2 is 1.95 bits per heavy atom. The van der Waals surface area contributed by atoms with E-state index in [0.717, 1.165) is 31.9 Å². The predicted octanol–water partition coefficient (Wildman–Crippen LogP) is 2.14. The Labute approximate surface area is 124 Å². The van der Waals surface area contributed by atoms with Gasteiger partial charge in [0.15, 0.2) is 5.75 Å². The summed E-state index contributed by atoms with van der Waals surface area (Å²) in [5.74, 6) is 0.335. The SMILES string of the molecule is COc1cc(N2CC3(CCN(C)CC3)C2)ccc1[N+](=O)[O-]. The number of nitrogens with zero attached hydrogens (tertiary/aromatic N) is 3. The van der Waals surface area contributed by atoms with Crippen LogP contribution in [-0.4, -0.2) is 50.2 Å². The molecule has 0 atom stereocenters. The lowest BCUT2D eigenvalue weighted by molar-refractivity contribution is -0.385. The molecule has 2 heterocycles. The van der Waals surface area contributed by atoms with Gasteiger partial charge >= 0.3 is 5.69 Å². The van der Waals surface area contributed by atoms with Crippen LogP contribution in [0.1, 0.15) is 12.8 Å². The average Bonchev–Trinajstić information content (AvgIpc) is 2.45. The van der Waals surface area contributed by atoms with Crippen LogP contribution in [0.25, 0.3) is 0 Å². The summed E-state index contributed by atoms with van der Waals surface area (Å²) >= 11 is 0. The lowest BCUT2D eigenvalue weighted by Crippen LogP contribution is -2.60. The van der Waals surface area contributed by atoms with E-state index in [1.165, 1.54) is 26.0 Å². The molecular weight excluding hydrogens is 270 g/mol. The quantitative estimate of drug-likeness (QED) is 0.631. The molecule has 1 aromatic carbocycles. The maximum Gasteiger partial charge on any atom is 0.311 e. The smallest absolute Gasteiger partial charge is 0.311 e. The van der Waals surface area contributed by atoms with E-state index >= 15 is 0 Å². The molecule has 0 saturated carbocycles. The molecule has 1 spiro atoms. The van der Waals surface area contributed by atoms with Gasteiger partial charge in [0.2, 0.25) is 0 Å². The largest absolute Gasteiger partial charge is 0.490 e. The number of rotatable bonds is 3. The third kappa shape index (κ3) is 2.55. The number of ether oxygens (including phenoxy) is 1. The zero-order valence-electron chi connectivity index (χ0n) is 12.5. The van der Waals surface area contributed by atoms with Crippen molar-refractivity contribution in [3.8, 4) is 5.75 Å². The number of hydrogen-bond donors (Lipinski definition) is 0. The standard InChI is InChI=1S/C15H21N3O3/c1-16-7-5-15(6-8-16)10-17(11-15)12-3-4-13(18(19)20)14(9-12)21-2/h3-4,9H,5-8,10-11H2,1-2H3. The number of nitro benzene ring substituents is 1. The van der Waals surface area contributed by atoms with Crippen LogP contribution in [-0.2, 0) is 0 Å². The number of methoxy groups -OCH3 is 1. The predicted molar refractivity (Wildman–Crippen MR) is 81.0 cm³/mol. The molecule has 6 heteroatoms. The van der Waals surface area contributed by atoms with Crippen LogP contribution in [0.3, 0.4) is 0 Å². The fourth-order valence-corrected chi connectivity index (χ4v) is 3.37. The van der Waals surface area contributed by atoms with Crippen molar-refractivity contribution in [3.05, 3.63) is 28.3 Å². The van der Waals surface area contributed by atoms with Crippen molar-refractivity contribution < 1.29 is 9.66 Å². The van der Waals surface area contributed by atoms with E-state index in [1.54, 1.807) is 6.07 Å². The minimum Gasteiger partial charge on any atom is -0.490 e. The molecule has 0 amide bonds. The molecule has 21 heavy (non-hydrogen) atoms. The van der Waals surface area contributed by atoms with Gasteiger partial charge in [0, 0.05) is 36.3 Å². The van der Waals surface area contributed by atoms with Crippen molar-refractivity contribution in [2.24, 2.45) is 5.41 Å². The molecule has 6 nitrogen and oxygen atoms in total. The summed E-state index contributed by atoms with van der Waals surface area (Å²) in [5, 5.41) is 10.9. The van der Waals surface area contributed by atoms with Crippen molar-refractivity contribution in [1.82, 2.24) is 4.90 Å². The van der Waals surface area contributed by atoms with Gasteiger partial charge in [0.05, 0.1) is 12.0 Å². The van der Waals surface area contributed by atoms with Crippen LogP contribution >= 0.6 is 0 Å². The van der Waals surface area contributed by atoms with E-state index < -0.39 is 4.92 Å².